The van der Waals surface area contributed by atoms with Gasteiger partial charge < -0.3 is 15.4 Å². The number of amides is 2. The van der Waals surface area contributed by atoms with Crippen LogP contribution in [0.2, 0.25) is 0 Å². The number of hydrogen-bond acceptors (Lipinski definition) is 5. The van der Waals surface area contributed by atoms with E-state index >= 15 is 0 Å². The molecule has 0 radical (unpaired) electrons. The molecule has 1 aliphatic rings. The summed E-state index contributed by atoms with van der Waals surface area (Å²) in [5, 5.41) is 4.50. The van der Waals surface area contributed by atoms with Gasteiger partial charge in [0.15, 0.2) is 0 Å². The number of pyridine rings is 1. The van der Waals surface area contributed by atoms with E-state index in [1.807, 2.05) is 36.4 Å². The number of benzene rings is 1. The average molecular weight is 405 g/mol. The molecule has 8 nitrogen and oxygen atoms in total. The first-order chi connectivity index (χ1) is 14.5. The molecule has 1 aromatic carbocycles. The van der Waals surface area contributed by atoms with Gasteiger partial charge in [-0.1, -0.05) is 30.3 Å². The van der Waals surface area contributed by atoms with Crippen molar-refractivity contribution in [2.24, 2.45) is 12.8 Å². The Kier molecular flexibility index (Phi) is 5.47. The van der Waals surface area contributed by atoms with E-state index in [0.29, 0.717) is 24.5 Å². The molecular weight excluding hydrogens is 382 g/mol. The summed E-state index contributed by atoms with van der Waals surface area (Å²) in [6, 6.07) is 14.8. The normalized spacial score (nSPS) is 16.3. The zero-order valence-electron chi connectivity index (χ0n) is 16.7. The maximum atomic E-state index is 13.1. The Labute approximate surface area is 174 Å². The van der Waals surface area contributed by atoms with Crippen LogP contribution in [0.25, 0.3) is 11.3 Å². The van der Waals surface area contributed by atoms with Crippen molar-refractivity contribution in [3.63, 3.8) is 0 Å². The van der Waals surface area contributed by atoms with E-state index in [-0.39, 0.29) is 17.7 Å². The Morgan fingerprint density at radius 1 is 1.17 bits per heavy atom. The Hall–Kier alpha value is -3.68. The largest absolute Gasteiger partial charge is 0.488 e. The van der Waals surface area contributed by atoms with E-state index in [1.54, 1.807) is 22.7 Å². The number of aromatic nitrogens is 3. The molecule has 0 bridgehead atoms. The van der Waals surface area contributed by atoms with Gasteiger partial charge in [-0.3, -0.25) is 19.3 Å². The van der Waals surface area contributed by atoms with Crippen molar-refractivity contribution in [2.45, 2.75) is 18.9 Å². The van der Waals surface area contributed by atoms with Gasteiger partial charge in [-0.25, -0.2) is 0 Å². The maximum absolute atomic E-state index is 13.1. The Balaban J connectivity index is 1.47. The van der Waals surface area contributed by atoms with Crippen molar-refractivity contribution in [2.75, 3.05) is 13.1 Å². The Morgan fingerprint density at radius 3 is 2.73 bits per heavy atom. The number of aryl methyl sites for hydroxylation is 1. The molecule has 30 heavy (non-hydrogen) atoms. The number of carbonyl (C=O) groups is 2. The molecule has 1 saturated heterocycles. The van der Waals surface area contributed by atoms with Gasteiger partial charge in [0.1, 0.15) is 23.2 Å². The predicted molar refractivity (Wildman–Crippen MR) is 111 cm³/mol. The molecule has 1 atom stereocenters. The summed E-state index contributed by atoms with van der Waals surface area (Å²) >= 11 is 0. The van der Waals surface area contributed by atoms with Crippen LogP contribution in [0.5, 0.6) is 5.75 Å². The fourth-order valence-corrected chi connectivity index (χ4v) is 3.61. The molecule has 1 fully saturated rings. The highest BCUT2D eigenvalue weighted by atomic mass is 16.5. The molecule has 154 valence electrons. The van der Waals surface area contributed by atoms with Crippen LogP contribution in [-0.4, -0.2) is 50.7 Å². The topological polar surface area (TPSA) is 103 Å². The fraction of sp³-hybridized carbons (Fsp3) is 0.273. The summed E-state index contributed by atoms with van der Waals surface area (Å²) in [6.45, 7) is 1.12. The minimum Gasteiger partial charge on any atom is -0.488 e. The quantitative estimate of drug-likeness (QED) is 0.701. The number of rotatable bonds is 5. The number of nitrogens with two attached hydrogens (primary N) is 1. The molecule has 4 rings (SSSR count). The molecule has 1 aliphatic heterocycles. The van der Waals surface area contributed by atoms with Crippen LogP contribution in [0.15, 0.2) is 54.7 Å². The van der Waals surface area contributed by atoms with Crippen LogP contribution in [0.1, 0.15) is 33.8 Å². The first-order valence-corrected chi connectivity index (χ1v) is 9.82. The standard InChI is InChI=1S/C22H23N5O3/c1-26-20(13-18(25-26)15-6-3-2-4-7-15)22(29)27-11-5-8-17(14-27)30-16-9-10-24-19(12-16)21(23)28/h2-4,6-7,9-10,12-13,17H,5,8,11,14H2,1H3,(H2,23,28). The summed E-state index contributed by atoms with van der Waals surface area (Å²) in [5.74, 6) is -0.163. The van der Waals surface area contributed by atoms with Gasteiger partial charge in [-0.2, -0.15) is 5.10 Å². The van der Waals surface area contributed by atoms with E-state index in [1.165, 1.54) is 12.3 Å². The zero-order valence-corrected chi connectivity index (χ0v) is 16.7. The Morgan fingerprint density at radius 2 is 1.97 bits per heavy atom. The van der Waals surface area contributed by atoms with E-state index in [0.717, 1.165) is 24.1 Å². The van der Waals surface area contributed by atoms with Crippen LogP contribution >= 0.6 is 0 Å². The fourth-order valence-electron chi connectivity index (χ4n) is 3.61. The van der Waals surface area contributed by atoms with Gasteiger partial charge in [-0.15, -0.1) is 0 Å². The van der Waals surface area contributed by atoms with E-state index in [2.05, 4.69) is 10.1 Å². The third-order valence-corrected chi connectivity index (χ3v) is 5.12. The molecule has 0 aliphatic carbocycles. The highest BCUT2D eigenvalue weighted by molar-refractivity contribution is 5.94. The number of primary amides is 1. The second-order valence-electron chi connectivity index (χ2n) is 7.28. The Bertz CT molecular complexity index is 1060. The molecule has 0 spiro atoms. The van der Waals surface area contributed by atoms with Crippen molar-refractivity contribution in [1.82, 2.24) is 19.7 Å². The second-order valence-corrected chi connectivity index (χ2v) is 7.28. The van der Waals surface area contributed by atoms with Crippen LogP contribution in [0.4, 0.5) is 0 Å². The summed E-state index contributed by atoms with van der Waals surface area (Å²) in [7, 11) is 1.78. The second kappa shape index (κ2) is 8.36. The van der Waals surface area contributed by atoms with Gasteiger partial charge in [0.05, 0.1) is 12.2 Å². The molecular formula is C22H23N5O3. The van der Waals surface area contributed by atoms with Crippen molar-refractivity contribution in [3.05, 3.63) is 66.1 Å². The van der Waals surface area contributed by atoms with E-state index in [9.17, 15) is 9.59 Å². The van der Waals surface area contributed by atoms with E-state index in [4.69, 9.17) is 10.5 Å². The number of piperidine rings is 1. The number of hydrogen-bond donors (Lipinski definition) is 1. The summed E-state index contributed by atoms with van der Waals surface area (Å²) in [4.78, 5) is 30.2. The smallest absolute Gasteiger partial charge is 0.272 e. The number of likely N-dealkylation sites (tertiary alicyclic amines) is 1. The lowest BCUT2D eigenvalue weighted by Crippen LogP contribution is -2.44. The van der Waals surface area contributed by atoms with Crippen LogP contribution < -0.4 is 10.5 Å². The molecule has 2 aromatic heterocycles. The van der Waals surface area contributed by atoms with Crippen molar-refractivity contribution >= 4 is 11.8 Å². The van der Waals surface area contributed by atoms with Gasteiger partial charge >= 0.3 is 0 Å². The van der Waals surface area contributed by atoms with Crippen molar-refractivity contribution in [1.29, 1.82) is 0 Å². The monoisotopic (exact) mass is 405 g/mol. The van der Waals surface area contributed by atoms with Crippen LogP contribution in [0.3, 0.4) is 0 Å². The first-order valence-electron chi connectivity index (χ1n) is 9.82. The number of carbonyl (C=O) groups excluding carboxylic acids is 2. The highest BCUT2D eigenvalue weighted by Gasteiger charge is 2.28. The van der Waals surface area contributed by atoms with Crippen molar-refractivity contribution in [3.8, 4) is 17.0 Å². The minimum atomic E-state index is -0.605. The van der Waals surface area contributed by atoms with Gasteiger partial charge in [0.25, 0.3) is 11.8 Å². The first kappa shape index (κ1) is 19.6. The van der Waals surface area contributed by atoms with Crippen molar-refractivity contribution < 1.29 is 14.3 Å². The molecule has 1 unspecified atom stereocenters. The van der Waals surface area contributed by atoms with Gasteiger partial charge in [0.2, 0.25) is 0 Å². The molecule has 3 heterocycles. The lowest BCUT2D eigenvalue weighted by molar-refractivity contribution is 0.0528. The maximum Gasteiger partial charge on any atom is 0.272 e. The summed E-state index contributed by atoms with van der Waals surface area (Å²) in [6.07, 6.45) is 2.96. The molecule has 2 amide bonds. The van der Waals surface area contributed by atoms with Crippen LogP contribution in [0, 0.1) is 0 Å². The zero-order chi connectivity index (χ0) is 21.1. The van der Waals surface area contributed by atoms with Gasteiger partial charge in [0, 0.05) is 31.4 Å². The van der Waals surface area contributed by atoms with E-state index < -0.39 is 5.91 Å². The lowest BCUT2D eigenvalue weighted by Gasteiger charge is -2.32. The minimum absolute atomic E-state index is 0.0759. The molecule has 0 saturated carbocycles. The molecule has 2 N–H and O–H groups in total. The SMILES string of the molecule is Cn1nc(-c2ccccc2)cc1C(=O)N1CCCC(Oc2ccnc(C(N)=O)c2)C1. The van der Waals surface area contributed by atoms with Gasteiger partial charge in [-0.05, 0) is 25.0 Å². The predicted octanol–water partition coefficient (Wildman–Crippen LogP) is 2.26. The average Bonchev–Trinajstić information content (AvgIpc) is 3.16. The molecule has 3 aromatic rings. The summed E-state index contributed by atoms with van der Waals surface area (Å²) < 4.78 is 7.63. The number of nitrogens with zero attached hydrogens (tertiary/aromatic N) is 4. The van der Waals surface area contributed by atoms with Crippen LogP contribution in [-0.2, 0) is 7.05 Å². The third kappa shape index (κ3) is 4.17. The molecule has 8 heteroatoms. The summed E-state index contributed by atoms with van der Waals surface area (Å²) in [5.41, 5.74) is 7.70. The lowest BCUT2D eigenvalue weighted by atomic mass is 10.1. The number of ether oxygens (including phenoxy) is 1. The third-order valence-electron chi connectivity index (χ3n) is 5.12. The highest BCUT2D eigenvalue weighted by Crippen LogP contribution is 2.22.